The van der Waals surface area contributed by atoms with Gasteiger partial charge in [0.15, 0.2) is 6.29 Å². The molecule has 2 aromatic carbocycles. The number of methoxy groups -OCH3 is 1. The van der Waals surface area contributed by atoms with Crippen LogP contribution in [-0.2, 0) is 24.5 Å². The van der Waals surface area contributed by atoms with E-state index in [2.05, 4.69) is 15.6 Å². The molecule has 2 atom stereocenters. The summed E-state index contributed by atoms with van der Waals surface area (Å²) in [7, 11) is 1.64. The average molecular weight is 546 g/mol. The van der Waals surface area contributed by atoms with Crippen molar-refractivity contribution in [1.29, 1.82) is 0 Å². The van der Waals surface area contributed by atoms with Gasteiger partial charge in [-0.05, 0) is 49.9 Å². The van der Waals surface area contributed by atoms with E-state index in [0.717, 1.165) is 35.2 Å². The minimum Gasteiger partial charge on any atom is -0.475 e. The summed E-state index contributed by atoms with van der Waals surface area (Å²) in [6.45, 7) is 5.76. The molecular weight excluding hydrogens is 510 g/mol. The van der Waals surface area contributed by atoms with Crippen LogP contribution in [-0.4, -0.2) is 60.0 Å². The molecule has 10 nitrogen and oxygen atoms in total. The summed E-state index contributed by atoms with van der Waals surface area (Å²) in [5.41, 5.74) is 3.68. The summed E-state index contributed by atoms with van der Waals surface area (Å²) in [6.07, 6.45) is 2.94. The topological polar surface area (TPSA) is 119 Å². The van der Waals surface area contributed by atoms with E-state index in [9.17, 15) is 5.11 Å². The molecule has 3 N–H and O–H groups in total. The van der Waals surface area contributed by atoms with Crippen LogP contribution in [0, 0.1) is 0 Å². The van der Waals surface area contributed by atoms with Crippen molar-refractivity contribution in [3.8, 4) is 0 Å². The fraction of sp³-hybridized carbons (Fsp3) is 0.433. The first-order chi connectivity index (χ1) is 19.4. The number of nitrogens with zero attached hydrogens (tertiary/aromatic N) is 3. The number of aliphatic imine (C=N–C) groups is 1. The lowest BCUT2D eigenvalue weighted by Crippen LogP contribution is -2.35. The molecule has 1 spiro atoms. The Morgan fingerprint density at radius 2 is 1.93 bits per heavy atom. The van der Waals surface area contributed by atoms with Gasteiger partial charge in [-0.25, -0.2) is 9.98 Å². The molecule has 3 aliphatic rings. The van der Waals surface area contributed by atoms with E-state index in [1.807, 2.05) is 62.4 Å². The fourth-order valence-corrected chi connectivity index (χ4v) is 5.48. The lowest BCUT2D eigenvalue weighted by Gasteiger charge is -2.28. The van der Waals surface area contributed by atoms with Crippen LogP contribution in [0.4, 0.5) is 17.5 Å². The first-order valence-electron chi connectivity index (χ1n) is 13.6. The molecule has 1 fully saturated rings. The molecule has 3 aliphatic heterocycles. The molecule has 40 heavy (non-hydrogen) atoms. The molecule has 4 heterocycles. The molecule has 1 aromatic heterocycles. The average Bonchev–Trinajstić information content (AvgIpc) is 3.49. The summed E-state index contributed by atoms with van der Waals surface area (Å²) in [5.74, 6) is 1.42. The number of fused-ring (bicyclic) bond motifs is 1. The number of rotatable bonds is 8. The molecule has 6 rings (SSSR count). The standard InChI is InChI=1S/C30H35N5O5/c1-29(2)23-15-20(9-10-21(23)27(37-3)40-29)32-28-31-16-22(26-35-30(18-39-26)11-13-38-14-12-30)25(34-28)33-24(17-36)19-7-5-4-6-8-19/h4-10,15-16,24,27,36H,11-14,17-18H2,1-3H3,(H2,31,32,33,34)/t24-,27?/m1/s1. The third-order valence-electron chi connectivity index (χ3n) is 7.78. The van der Waals surface area contributed by atoms with Gasteiger partial charge >= 0.3 is 0 Å². The van der Waals surface area contributed by atoms with E-state index in [4.69, 9.17) is 28.9 Å². The van der Waals surface area contributed by atoms with E-state index >= 15 is 0 Å². The number of aromatic nitrogens is 2. The van der Waals surface area contributed by atoms with Gasteiger partial charge in [-0.1, -0.05) is 36.4 Å². The van der Waals surface area contributed by atoms with Crippen LogP contribution in [0.5, 0.6) is 0 Å². The zero-order valence-corrected chi connectivity index (χ0v) is 23.0. The minimum absolute atomic E-state index is 0.120. The van der Waals surface area contributed by atoms with E-state index in [1.54, 1.807) is 13.3 Å². The highest BCUT2D eigenvalue weighted by Crippen LogP contribution is 2.44. The number of hydrogen-bond donors (Lipinski definition) is 3. The third-order valence-corrected chi connectivity index (χ3v) is 7.78. The number of nitrogens with one attached hydrogen (secondary N) is 2. The molecular formula is C30H35N5O5. The van der Waals surface area contributed by atoms with Crippen molar-refractivity contribution in [3.63, 3.8) is 0 Å². The van der Waals surface area contributed by atoms with E-state index < -0.39 is 11.9 Å². The third kappa shape index (κ3) is 5.15. The second-order valence-electron chi connectivity index (χ2n) is 10.9. The van der Waals surface area contributed by atoms with Crippen molar-refractivity contribution in [2.45, 2.75) is 50.2 Å². The molecule has 210 valence electrons. The molecule has 0 amide bonds. The van der Waals surface area contributed by atoms with Crippen LogP contribution in [0.1, 0.15) is 61.3 Å². The second-order valence-corrected chi connectivity index (χ2v) is 10.9. The normalized spacial score (nSPS) is 21.4. The smallest absolute Gasteiger partial charge is 0.229 e. The summed E-state index contributed by atoms with van der Waals surface area (Å²) >= 11 is 0. The Hall–Kier alpha value is -3.57. The Morgan fingerprint density at radius 1 is 1.12 bits per heavy atom. The van der Waals surface area contributed by atoms with Gasteiger partial charge in [0, 0.05) is 37.8 Å². The van der Waals surface area contributed by atoms with Gasteiger partial charge < -0.3 is 34.7 Å². The molecule has 1 unspecified atom stereocenters. The monoisotopic (exact) mass is 545 g/mol. The molecule has 0 saturated carbocycles. The first kappa shape index (κ1) is 26.6. The van der Waals surface area contributed by atoms with E-state index in [1.165, 1.54) is 0 Å². The highest BCUT2D eigenvalue weighted by Gasteiger charge is 2.40. The van der Waals surface area contributed by atoms with Gasteiger partial charge in [0.25, 0.3) is 0 Å². The number of ether oxygens (including phenoxy) is 4. The van der Waals surface area contributed by atoms with Crippen molar-refractivity contribution in [2.24, 2.45) is 4.99 Å². The molecule has 1 saturated heterocycles. The van der Waals surface area contributed by atoms with E-state index in [-0.39, 0.29) is 18.2 Å². The van der Waals surface area contributed by atoms with Crippen molar-refractivity contribution in [1.82, 2.24) is 9.97 Å². The van der Waals surface area contributed by atoms with Crippen molar-refractivity contribution < 1.29 is 24.1 Å². The fourth-order valence-electron chi connectivity index (χ4n) is 5.48. The predicted octanol–water partition coefficient (Wildman–Crippen LogP) is 4.60. The number of anilines is 3. The van der Waals surface area contributed by atoms with Crippen LogP contribution in [0.25, 0.3) is 0 Å². The summed E-state index contributed by atoms with van der Waals surface area (Å²) in [6, 6.07) is 15.4. The maximum Gasteiger partial charge on any atom is 0.229 e. The number of benzene rings is 2. The molecule has 0 bridgehead atoms. The summed E-state index contributed by atoms with van der Waals surface area (Å²) in [5, 5.41) is 17.0. The predicted molar refractivity (Wildman–Crippen MR) is 151 cm³/mol. The Balaban J connectivity index is 1.33. The Morgan fingerprint density at radius 3 is 2.67 bits per heavy atom. The van der Waals surface area contributed by atoms with Gasteiger partial charge in [-0.2, -0.15) is 4.98 Å². The quantitative estimate of drug-likeness (QED) is 0.373. The molecule has 3 aromatic rings. The van der Waals surface area contributed by atoms with Crippen LogP contribution in [0.15, 0.2) is 59.7 Å². The van der Waals surface area contributed by atoms with Crippen molar-refractivity contribution >= 4 is 23.4 Å². The van der Waals surface area contributed by atoms with Gasteiger partial charge in [0.1, 0.15) is 18.0 Å². The van der Waals surface area contributed by atoms with Gasteiger partial charge in [-0.3, -0.25) is 0 Å². The van der Waals surface area contributed by atoms with Crippen LogP contribution < -0.4 is 10.6 Å². The Labute approximate surface area is 233 Å². The largest absolute Gasteiger partial charge is 0.475 e. The van der Waals surface area contributed by atoms with Gasteiger partial charge in [0.2, 0.25) is 11.8 Å². The Kier molecular flexibility index (Phi) is 7.18. The lowest BCUT2D eigenvalue weighted by molar-refractivity contribution is -0.175. The van der Waals surface area contributed by atoms with E-state index in [0.29, 0.717) is 43.0 Å². The summed E-state index contributed by atoms with van der Waals surface area (Å²) in [4.78, 5) is 14.4. The zero-order valence-electron chi connectivity index (χ0n) is 23.0. The van der Waals surface area contributed by atoms with Crippen LogP contribution >= 0.6 is 0 Å². The van der Waals surface area contributed by atoms with Gasteiger partial charge in [0.05, 0.1) is 23.8 Å². The lowest BCUT2D eigenvalue weighted by atomic mass is 9.92. The van der Waals surface area contributed by atoms with Crippen LogP contribution in [0.2, 0.25) is 0 Å². The maximum atomic E-state index is 10.3. The van der Waals surface area contributed by atoms with Crippen molar-refractivity contribution in [2.75, 3.05) is 44.2 Å². The highest BCUT2D eigenvalue weighted by molar-refractivity contribution is 5.99. The molecule has 0 radical (unpaired) electrons. The molecule has 0 aliphatic carbocycles. The van der Waals surface area contributed by atoms with Crippen molar-refractivity contribution in [3.05, 3.63) is 77.0 Å². The second kappa shape index (κ2) is 10.8. The molecule has 10 heteroatoms. The highest BCUT2D eigenvalue weighted by atomic mass is 16.7. The summed E-state index contributed by atoms with van der Waals surface area (Å²) < 4.78 is 23.2. The minimum atomic E-state index is -0.493. The number of aliphatic hydroxyl groups is 1. The number of hydrogen-bond acceptors (Lipinski definition) is 10. The Bertz CT molecular complexity index is 1390. The number of aliphatic hydroxyl groups excluding tert-OH is 1. The van der Waals surface area contributed by atoms with Crippen LogP contribution in [0.3, 0.4) is 0 Å². The SMILES string of the molecule is COC1OC(C)(C)c2cc(Nc3ncc(C4=NC5(CCOCC5)CO4)c(N[C@H](CO)c4ccccc4)n3)ccc21. The maximum absolute atomic E-state index is 10.3. The first-order valence-corrected chi connectivity index (χ1v) is 13.6. The zero-order chi connectivity index (χ0) is 27.7. The van der Waals surface area contributed by atoms with Gasteiger partial charge in [-0.15, -0.1) is 0 Å².